The van der Waals surface area contributed by atoms with Gasteiger partial charge in [0, 0.05) is 6.61 Å². The van der Waals surface area contributed by atoms with Gasteiger partial charge in [0.1, 0.15) is 5.75 Å². The second-order valence-corrected chi connectivity index (χ2v) is 4.79. The molecule has 1 aliphatic heterocycles. The number of hydrogen-bond acceptors (Lipinski definition) is 4. The van der Waals surface area contributed by atoms with Crippen LogP contribution in [0.3, 0.4) is 0 Å². The Morgan fingerprint density at radius 3 is 2.86 bits per heavy atom. The van der Waals surface area contributed by atoms with Crippen LogP contribution in [0, 0.1) is 0 Å². The maximum absolute atomic E-state index is 11.4. The zero-order valence-corrected chi connectivity index (χ0v) is 13.2. The predicted octanol–water partition coefficient (Wildman–Crippen LogP) is 2.89. The minimum absolute atomic E-state index is 0.174. The molecule has 0 saturated heterocycles. The third-order valence-electron chi connectivity index (χ3n) is 3.49. The molecule has 1 aromatic carbocycles. The van der Waals surface area contributed by atoms with Gasteiger partial charge < -0.3 is 14.6 Å². The van der Waals surface area contributed by atoms with Crippen LogP contribution in [0.5, 0.6) is 5.75 Å². The highest BCUT2D eigenvalue weighted by molar-refractivity contribution is 5.73. The van der Waals surface area contributed by atoms with Crippen molar-refractivity contribution >= 4 is 5.97 Å². The third-order valence-corrected chi connectivity index (χ3v) is 3.49. The zero-order valence-electron chi connectivity index (χ0n) is 13.2. The quantitative estimate of drug-likeness (QED) is 0.848. The molecular formula is C17H26O4. The number of hydrogen-bond donors (Lipinski definition) is 1. The first-order chi connectivity index (χ1) is 10.2. The molecular weight excluding hydrogens is 268 g/mol. The van der Waals surface area contributed by atoms with E-state index in [4.69, 9.17) is 14.6 Å². The monoisotopic (exact) mass is 294 g/mol. The van der Waals surface area contributed by atoms with Crippen molar-refractivity contribution in [3.8, 4) is 5.75 Å². The van der Waals surface area contributed by atoms with Crippen molar-refractivity contribution in [1.29, 1.82) is 0 Å². The summed E-state index contributed by atoms with van der Waals surface area (Å²) in [6.45, 7) is 4.20. The Balaban J connectivity index is 0.00000106. The van der Waals surface area contributed by atoms with E-state index in [0.717, 1.165) is 42.6 Å². The van der Waals surface area contributed by atoms with Crippen LogP contribution in [-0.4, -0.2) is 30.9 Å². The summed E-state index contributed by atoms with van der Waals surface area (Å²) in [4.78, 5) is 11.4. The summed E-state index contributed by atoms with van der Waals surface area (Å²) < 4.78 is 10.6. The second kappa shape index (κ2) is 9.40. The summed E-state index contributed by atoms with van der Waals surface area (Å²) in [5, 5.41) is 8.86. The molecule has 0 aliphatic carbocycles. The van der Waals surface area contributed by atoms with Gasteiger partial charge in [0.25, 0.3) is 0 Å². The van der Waals surface area contributed by atoms with E-state index in [0.29, 0.717) is 6.42 Å². The highest BCUT2D eigenvalue weighted by atomic mass is 16.5. The van der Waals surface area contributed by atoms with Crippen LogP contribution in [-0.2, 0) is 22.4 Å². The van der Waals surface area contributed by atoms with Crippen LogP contribution >= 0.6 is 0 Å². The summed E-state index contributed by atoms with van der Waals surface area (Å²) in [5.41, 5.74) is 2.11. The summed E-state index contributed by atoms with van der Waals surface area (Å²) in [6, 6.07) is 5.81. The molecule has 1 N–H and O–H groups in total. The largest absolute Gasteiger partial charge is 0.490 e. The summed E-state index contributed by atoms with van der Waals surface area (Å²) in [7, 11) is 1.40. The normalized spacial score (nSPS) is 16.1. The molecule has 0 spiro atoms. The summed E-state index contributed by atoms with van der Waals surface area (Å²) in [5.74, 6) is 0.645. The van der Waals surface area contributed by atoms with Gasteiger partial charge in [-0.25, -0.2) is 0 Å². The summed E-state index contributed by atoms with van der Waals surface area (Å²) in [6.07, 6.45) is 3.96. The Kier molecular flexibility index (Phi) is 7.83. The van der Waals surface area contributed by atoms with Crippen LogP contribution in [0.2, 0.25) is 0 Å². The molecule has 0 aromatic heterocycles. The highest BCUT2D eigenvalue weighted by Crippen LogP contribution is 2.31. The molecule has 0 radical (unpaired) electrons. The first kappa shape index (κ1) is 17.5. The maximum Gasteiger partial charge on any atom is 0.309 e. The Morgan fingerprint density at radius 1 is 1.43 bits per heavy atom. The van der Waals surface area contributed by atoms with Crippen molar-refractivity contribution in [3.05, 3.63) is 29.3 Å². The number of carbonyl (C=O) groups excluding carboxylic acids is 1. The van der Waals surface area contributed by atoms with Crippen LogP contribution in [0.4, 0.5) is 0 Å². The van der Waals surface area contributed by atoms with E-state index in [1.165, 1.54) is 7.11 Å². The maximum atomic E-state index is 11.4. The van der Waals surface area contributed by atoms with Gasteiger partial charge in [-0.15, -0.1) is 0 Å². The smallest absolute Gasteiger partial charge is 0.309 e. The molecule has 1 aliphatic rings. The average Bonchev–Trinajstić information content (AvgIpc) is 2.54. The van der Waals surface area contributed by atoms with Crippen molar-refractivity contribution in [2.24, 2.45) is 0 Å². The lowest BCUT2D eigenvalue weighted by atomic mass is 9.94. The molecule has 1 heterocycles. The lowest BCUT2D eigenvalue weighted by Gasteiger charge is -2.27. The lowest BCUT2D eigenvalue weighted by molar-refractivity contribution is -0.139. The van der Waals surface area contributed by atoms with Crippen molar-refractivity contribution in [1.82, 2.24) is 0 Å². The van der Waals surface area contributed by atoms with Crippen molar-refractivity contribution in [2.45, 2.75) is 52.1 Å². The first-order valence-corrected chi connectivity index (χ1v) is 7.69. The van der Waals surface area contributed by atoms with Crippen LogP contribution < -0.4 is 4.74 Å². The first-order valence-electron chi connectivity index (χ1n) is 7.69. The van der Waals surface area contributed by atoms with Crippen LogP contribution in [0.25, 0.3) is 0 Å². The molecule has 0 bridgehead atoms. The Bertz CT molecular complexity index is 442. The molecule has 1 unspecified atom stereocenters. The van der Waals surface area contributed by atoms with Crippen molar-refractivity contribution in [2.75, 3.05) is 13.7 Å². The minimum atomic E-state index is -0.226. The predicted molar refractivity (Wildman–Crippen MR) is 82.6 cm³/mol. The zero-order chi connectivity index (χ0) is 15.7. The molecule has 0 amide bonds. The van der Waals surface area contributed by atoms with Gasteiger partial charge in [0.2, 0.25) is 0 Å². The van der Waals surface area contributed by atoms with Gasteiger partial charge in [0.05, 0.1) is 19.6 Å². The number of aliphatic hydroxyl groups is 1. The Labute approximate surface area is 127 Å². The number of rotatable bonds is 5. The number of carbonyl (C=O) groups is 1. The molecule has 1 aromatic rings. The number of methoxy groups -OCH3 is 1. The van der Waals surface area contributed by atoms with Gasteiger partial charge in [-0.1, -0.05) is 26.0 Å². The third kappa shape index (κ3) is 5.05. The van der Waals surface area contributed by atoms with Crippen molar-refractivity contribution in [3.63, 3.8) is 0 Å². The lowest BCUT2D eigenvalue weighted by Crippen LogP contribution is -2.24. The van der Waals surface area contributed by atoms with Gasteiger partial charge in [-0.3, -0.25) is 4.79 Å². The number of benzene rings is 1. The number of esters is 1. The van der Waals surface area contributed by atoms with Gasteiger partial charge in [0.15, 0.2) is 0 Å². The topological polar surface area (TPSA) is 55.8 Å². The molecule has 4 nitrogen and oxygen atoms in total. The standard InChI is InChI=1S/C15H20O4.C2H6/c1-18-15(17)10-11-4-2-6-14-13(11)8-7-12(19-14)5-3-9-16;1-2/h2,4,6,12,16H,3,5,7-10H2,1H3;1-2H3. The van der Waals surface area contributed by atoms with E-state index in [-0.39, 0.29) is 18.7 Å². The van der Waals surface area contributed by atoms with E-state index >= 15 is 0 Å². The van der Waals surface area contributed by atoms with E-state index in [1.807, 2.05) is 32.0 Å². The number of fused-ring (bicyclic) bond motifs is 1. The molecule has 1 atom stereocenters. The van der Waals surface area contributed by atoms with Crippen LogP contribution in [0.15, 0.2) is 18.2 Å². The SMILES string of the molecule is CC.COC(=O)Cc1cccc2c1CCC(CCCO)O2. The van der Waals surface area contributed by atoms with Crippen LogP contribution in [0.1, 0.15) is 44.2 Å². The molecule has 0 fully saturated rings. The fourth-order valence-corrected chi connectivity index (χ4v) is 2.46. The second-order valence-electron chi connectivity index (χ2n) is 4.79. The Morgan fingerprint density at radius 2 is 2.19 bits per heavy atom. The summed E-state index contributed by atoms with van der Waals surface area (Å²) >= 11 is 0. The Hall–Kier alpha value is -1.55. The van der Waals surface area contributed by atoms with Gasteiger partial charge in [-0.05, 0) is 42.9 Å². The van der Waals surface area contributed by atoms with E-state index in [2.05, 4.69) is 0 Å². The van der Waals surface area contributed by atoms with E-state index in [9.17, 15) is 4.79 Å². The number of aliphatic hydroxyl groups excluding tert-OH is 1. The minimum Gasteiger partial charge on any atom is -0.490 e. The fraction of sp³-hybridized carbons (Fsp3) is 0.588. The fourth-order valence-electron chi connectivity index (χ4n) is 2.46. The highest BCUT2D eigenvalue weighted by Gasteiger charge is 2.22. The molecule has 21 heavy (non-hydrogen) atoms. The van der Waals surface area contributed by atoms with Crippen molar-refractivity contribution < 1.29 is 19.4 Å². The van der Waals surface area contributed by atoms with E-state index in [1.54, 1.807) is 0 Å². The average molecular weight is 294 g/mol. The van der Waals surface area contributed by atoms with E-state index < -0.39 is 0 Å². The number of ether oxygens (including phenoxy) is 2. The molecule has 118 valence electrons. The molecule has 4 heteroatoms. The molecule has 0 saturated carbocycles. The van der Waals surface area contributed by atoms with Gasteiger partial charge in [-0.2, -0.15) is 0 Å². The molecule has 2 rings (SSSR count). The van der Waals surface area contributed by atoms with Gasteiger partial charge >= 0.3 is 5.97 Å².